The van der Waals surface area contributed by atoms with Crippen LogP contribution in [0.25, 0.3) is 0 Å². The van der Waals surface area contributed by atoms with Gasteiger partial charge in [-0.3, -0.25) is 9.52 Å². The summed E-state index contributed by atoms with van der Waals surface area (Å²) < 4.78 is 69.5. The van der Waals surface area contributed by atoms with E-state index in [1.165, 1.54) is 24.3 Å². The molecular weight excluding hydrogens is 461 g/mol. The van der Waals surface area contributed by atoms with Crippen LogP contribution in [0.1, 0.15) is 31.7 Å². The minimum Gasteiger partial charge on any atom is -0.406 e. The number of ether oxygens (including phenoxy) is 1. The summed E-state index contributed by atoms with van der Waals surface area (Å²) in [7, 11) is -4.14. The number of sulfonamides is 1. The number of carbonyl (C=O) groups excluding carboxylic acids is 1. The van der Waals surface area contributed by atoms with Crippen LogP contribution < -0.4 is 14.8 Å². The second kappa shape index (κ2) is 10.0. The second-order valence-corrected chi connectivity index (χ2v) is 9.52. The van der Waals surface area contributed by atoms with Gasteiger partial charge in [-0.2, -0.15) is 0 Å². The lowest BCUT2D eigenvalue weighted by molar-refractivity contribution is -0.274. The van der Waals surface area contributed by atoms with Gasteiger partial charge in [0.25, 0.3) is 10.0 Å². The highest BCUT2D eigenvalue weighted by atomic mass is 32.2. The molecule has 11 heteroatoms. The molecule has 180 valence electrons. The summed E-state index contributed by atoms with van der Waals surface area (Å²) in [6.45, 7) is 1.60. The van der Waals surface area contributed by atoms with Crippen LogP contribution in [-0.4, -0.2) is 32.4 Å². The third-order valence-electron chi connectivity index (χ3n) is 5.18. The summed E-state index contributed by atoms with van der Waals surface area (Å²) in [5.41, 5.74) is 0.756. The average molecular weight is 487 g/mol. The van der Waals surface area contributed by atoms with Crippen molar-refractivity contribution in [1.29, 1.82) is 0 Å². The lowest BCUT2D eigenvalue weighted by atomic mass is 10.0. The van der Waals surface area contributed by atoms with Gasteiger partial charge < -0.3 is 15.2 Å². The van der Waals surface area contributed by atoms with E-state index in [-0.39, 0.29) is 29.0 Å². The molecule has 1 fully saturated rings. The first-order chi connectivity index (χ1) is 15.5. The van der Waals surface area contributed by atoms with Gasteiger partial charge >= 0.3 is 6.36 Å². The molecule has 0 radical (unpaired) electrons. The van der Waals surface area contributed by atoms with Gasteiger partial charge in [0.05, 0.1) is 23.1 Å². The third kappa shape index (κ3) is 6.84. The average Bonchev–Trinajstić information content (AvgIpc) is 3.52. The zero-order valence-corrected chi connectivity index (χ0v) is 18.7. The molecule has 0 bridgehead atoms. The van der Waals surface area contributed by atoms with Crippen LogP contribution in [0.5, 0.6) is 5.75 Å². The molecule has 1 amide bonds. The van der Waals surface area contributed by atoms with Gasteiger partial charge in [-0.15, -0.1) is 13.2 Å². The molecule has 0 saturated heterocycles. The van der Waals surface area contributed by atoms with E-state index in [0.29, 0.717) is 24.1 Å². The monoisotopic (exact) mass is 486 g/mol. The standard InChI is InChI=1S/C22H25F3N2O5S/c1-2-4-15-11-16(26-21(29)19(13-28)14-7-8-14)9-10-20(15)33(30,31)27-17-5-3-6-18(12-17)32-22(23,24)25/h3,5-6,9-12,14,19,27-28H,2,4,7-8,13H2,1H3,(H,26,29)/t19-/m0/s1. The molecule has 0 spiro atoms. The minimum atomic E-state index is -4.90. The lowest BCUT2D eigenvalue weighted by Crippen LogP contribution is -2.27. The quantitative estimate of drug-likeness (QED) is 0.465. The number of aliphatic hydroxyl groups excluding tert-OH is 1. The molecule has 0 aliphatic heterocycles. The van der Waals surface area contributed by atoms with E-state index < -0.39 is 28.1 Å². The predicted molar refractivity (Wildman–Crippen MR) is 116 cm³/mol. The first-order valence-electron chi connectivity index (χ1n) is 10.5. The number of benzene rings is 2. The lowest BCUT2D eigenvalue weighted by Gasteiger charge is -2.17. The topological polar surface area (TPSA) is 105 Å². The van der Waals surface area contributed by atoms with E-state index in [4.69, 9.17) is 0 Å². The zero-order chi connectivity index (χ0) is 24.2. The number of hydrogen-bond acceptors (Lipinski definition) is 5. The van der Waals surface area contributed by atoms with Crippen molar-refractivity contribution in [2.75, 3.05) is 16.6 Å². The van der Waals surface area contributed by atoms with Crippen molar-refractivity contribution in [3.63, 3.8) is 0 Å². The maximum absolute atomic E-state index is 13.0. The van der Waals surface area contributed by atoms with Gasteiger partial charge in [0.1, 0.15) is 5.75 Å². The number of rotatable bonds is 10. The summed E-state index contributed by atoms with van der Waals surface area (Å²) in [6, 6.07) is 8.88. The zero-order valence-electron chi connectivity index (χ0n) is 17.9. The van der Waals surface area contributed by atoms with Crippen LogP contribution >= 0.6 is 0 Å². The highest BCUT2D eigenvalue weighted by Crippen LogP contribution is 2.37. The van der Waals surface area contributed by atoms with Gasteiger partial charge in [0.15, 0.2) is 0 Å². The first kappa shape index (κ1) is 24.8. The fourth-order valence-electron chi connectivity index (χ4n) is 3.53. The van der Waals surface area contributed by atoms with Crippen LogP contribution in [0.2, 0.25) is 0 Å². The summed E-state index contributed by atoms with van der Waals surface area (Å²) in [6.07, 6.45) is -2.12. The van der Waals surface area contributed by atoms with E-state index >= 15 is 0 Å². The molecule has 3 rings (SSSR count). The number of aliphatic hydroxyl groups is 1. The van der Waals surface area contributed by atoms with Crippen molar-refractivity contribution in [2.45, 2.75) is 43.9 Å². The van der Waals surface area contributed by atoms with Crippen molar-refractivity contribution in [3.8, 4) is 5.75 Å². The Bertz CT molecular complexity index is 1100. The van der Waals surface area contributed by atoms with Crippen molar-refractivity contribution in [2.24, 2.45) is 11.8 Å². The van der Waals surface area contributed by atoms with Crippen molar-refractivity contribution in [1.82, 2.24) is 0 Å². The Hall–Kier alpha value is -2.79. The third-order valence-corrected chi connectivity index (χ3v) is 6.66. The molecule has 33 heavy (non-hydrogen) atoms. The Morgan fingerprint density at radius 3 is 2.52 bits per heavy atom. The Labute approximate surface area is 190 Å². The maximum atomic E-state index is 13.0. The van der Waals surface area contributed by atoms with Gasteiger partial charge in [0, 0.05) is 11.8 Å². The molecule has 2 aromatic rings. The summed E-state index contributed by atoms with van der Waals surface area (Å²) in [5.74, 6) is -1.22. The number of aryl methyl sites for hydroxylation is 1. The highest BCUT2D eigenvalue weighted by molar-refractivity contribution is 7.92. The smallest absolute Gasteiger partial charge is 0.406 e. The van der Waals surface area contributed by atoms with Gasteiger partial charge in [-0.05, 0) is 61.1 Å². The number of amides is 1. The Kier molecular flexibility index (Phi) is 7.53. The SMILES string of the molecule is CCCc1cc(NC(=O)[C@@H](CO)C2CC2)ccc1S(=O)(=O)Nc1cccc(OC(F)(F)F)c1. The predicted octanol–water partition coefficient (Wildman–Crippen LogP) is 4.30. The Balaban J connectivity index is 1.82. The normalized spacial score (nSPS) is 15.1. The van der Waals surface area contributed by atoms with Crippen LogP contribution in [-0.2, 0) is 21.2 Å². The van der Waals surface area contributed by atoms with Crippen molar-refractivity contribution < 1.29 is 36.2 Å². The van der Waals surface area contributed by atoms with Crippen molar-refractivity contribution >= 4 is 27.3 Å². The number of alkyl halides is 3. The number of anilines is 2. The van der Waals surface area contributed by atoms with E-state index in [0.717, 1.165) is 25.0 Å². The van der Waals surface area contributed by atoms with E-state index in [9.17, 15) is 31.5 Å². The van der Waals surface area contributed by atoms with Gasteiger partial charge in [-0.25, -0.2) is 8.42 Å². The molecule has 7 nitrogen and oxygen atoms in total. The van der Waals surface area contributed by atoms with Crippen molar-refractivity contribution in [3.05, 3.63) is 48.0 Å². The molecule has 0 unspecified atom stereocenters. The largest absolute Gasteiger partial charge is 0.573 e. The van der Waals surface area contributed by atoms with Gasteiger partial charge in [0.2, 0.25) is 5.91 Å². The molecule has 1 aliphatic carbocycles. The van der Waals surface area contributed by atoms with E-state index in [1.807, 2.05) is 6.92 Å². The Morgan fingerprint density at radius 1 is 1.18 bits per heavy atom. The van der Waals surface area contributed by atoms with Crippen LogP contribution in [0.4, 0.5) is 24.5 Å². The highest BCUT2D eigenvalue weighted by Gasteiger charge is 2.35. The summed E-state index contributed by atoms with van der Waals surface area (Å²) in [5, 5.41) is 12.2. The molecule has 1 saturated carbocycles. The van der Waals surface area contributed by atoms with Crippen LogP contribution in [0, 0.1) is 11.8 Å². The van der Waals surface area contributed by atoms with Gasteiger partial charge in [-0.1, -0.05) is 19.4 Å². The molecule has 0 aromatic heterocycles. The summed E-state index contributed by atoms with van der Waals surface area (Å²) in [4.78, 5) is 12.4. The maximum Gasteiger partial charge on any atom is 0.573 e. The molecule has 1 atom stereocenters. The molecule has 1 aliphatic rings. The Morgan fingerprint density at radius 2 is 1.91 bits per heavy atom. The van der Waals surface area contributed by atoms with E-state index in [2.05, 4.69) is 14.8 Å². The minimum absolute atomic E-state index is 0.0506. The van der Waals surface area contributed by atoms with Crippen LogP contribution in [0.3, 0.4) is 0 Å². The molecular formula is C22H25F3N2O5S. The fraction of sp³-hybridized carbons (Fsp3) is 0.409. The number of carbonyl (C=O) groups is 1. The molecule has 0 heterocycles. The second-order valence-electron chi connectivity index (χ2n) is 7.87. The van der Waals surface area contributed by atoms with Crippen LogP contribution in [0.15, 0.2) is 47.4 Å². The number of hydrogen-bond donors (Lipinski definition) is 3. The summed E-state index contributed by atoms with van der Waals surface area (Å²) >= 11 is 0. The fourth-order valence-corrected chi connectivity index (χ4v) is 4.83. The number of halogens is 3. The molecule has 3 N–H and O–H groups in total. The molecule has 2 aromatic carbocycles. The van der Waals surface area contributed by atoms with E-state index in [1.54, 1.807) is 6.07 Å². The number of nitrogens with one attached hydrogen (secondary N) is 2. The first-order valence-corrected chi connectivity index (χ1v) is 11.9.